The maximum atomic E-state index is 13.7. The Morgan fingerprint density at radius 1 is 1.17 bits per heavy atom. The number of fused-ring (bicyclic) bond motifs is 2. The lowest BCUT2D eigenvalue weighted by atomic mass is 10.1. The number of oxazole rings is 1. The number of imidazole rings is 1. The second kappa shape index (κ2) is 8.64. The minimum Gasteiger partial charge on any atom is -0.447 e. The Kier molecular flexibility index (Phi) is 5.44. The summed E-state index contributed by atoms with van der Waals surface area (Å²) in [6, 6.07) is 0.261. The van der Waals surface area contributed by atoms with Gasteiger partial charge in [-0.05, 0) is 12.3 Å². The van der Waals surface area contributed by atoms with Crippen molar-refractivity contribution in [3.63, 3.8) is 0 Å². The number of morpholine rings is 1. The molecule has 3 aromatic rings. The van der Waals surface area contributed by atoms with E-state index < -0.39 is 11.2 Å². The molecular formula is C22H28N8O5. The summed E-state index contributed by atoms with van der Waals surface area (Å²) < 4.78 is 14.9. The van der Waals surface area contributed by atoms with Crippen LogP contribution in [-0.2, 0) is 29.7 Å². The molecular weight excluding hydrogens is 456 g/mol. The van der Waals surface area contributed by atoms with E-state index in [1.54, 1.807) is 22.7 Å². The molecule has 3 aromatic heterocycles. The normalized spacial score (nSPS) is 22.3. The Hall–Kier alpha value is -3.45. The number of carbonyl (C=O) groups is 1. The first-order valence-corrected chi connectivity index (χ1v) is 11.9. The number of carbonyl (C=O) groups excluding carboxylic acids is 1. The molecule has 2 unspecified atom stereocenters. The monoisotopic (exact) mass is 484 g/mol. The number of hydrogen-bond donors (Lipinski definition) is 1. The van der Waals surface area contributed by atoms with E-state index in [0.29, 0.717) is 44.1 Å². The predicted molar refractivity (Wildman–Crippen MR) is 124 cm³/mol. The second-order valence-electron chi connectivity index (χ2n) is 9.29. The fourth-order valence-corrected chi connectivity index (χ4v) is 5.48. The largest absolute Gasteiger partial charge is 0.447 e. The third kappa shape index (κ3) is 3.65. The average Bonchev–Trinajstić information content (AvgIpc) is 3.66. The van der Waals surface area contributed by atoms with Crippen LogP contribution in [0.4, 0.5) is 5.95 Å². The fourth-order valence-electron chi connectivity index (χ4n) is 5.48. The van der Waals surface area contributed by atoms with Gasteiger partial charge < -0.3 is 24.3 Å². The summed E-state index contributed by atoms with van der Waals surface area (Å²) >= 11 is 0. The number of aryl methyl sites for hydroxylation is 1. The van der Waals surface area contributed by atoms with Crippen molar-refractivity contribution in [1.29, 1.82) is 0 Å². The highest BCUT2D eigenvalue weighted by atomic mass is 16.5. The molecule has 3 aliphatic rings. The van der Waals surface area contributed by atoms with Gasteiger partial charge in [0.1, 0.15) is 19.4 Å². The highest BCUT2D eigenvalue weighted by Crippen LogP contribution is 2.33. The van der Waals surface area contributed by atoms with Crippen LogP contribution in [0.15, 0.2) is 26.5 Å². The topological polar surface area (TPSA) is 133 Å². The zero-order chi connectivity index (χ0) is 24.1. The molecule has 3 saturated heterocycles. The molecule has 0 aliphatic carbocycles. The molecule has 35 heavy (non-hydrogen) atoms. The van der Waals surface area contributed by atoms with Crippen molar-refractivity contribution >= 4 is 23.0 Å². The van der Waals surface area contributed by atoms with E-state index in [4.69, 9.17) is 14.1 Å². The highest BCUT2D eigenvalue weighted by molar-refractivity contribution is 5.78. The number of ether oxygens (including phenoxy) is 1. The van der Waals surface area contributed by atoms with Crippen molar-refractivity contribution in [2.45, 2.75) is 25.6 Å². The summed E-state index contributed by atoms with van der Waals surface area (Å²) in [6.45, 7) is 4.21. The lowest BCUT2D eigenvalue weighted by Crippen LogP contribution is -2.47. The van der Waals surface area contributed by atoms with E-state index in [1.165, 1.54) is 10.8 Å². The minimum absolute atomic E-state index is 0.186. The van der Waals surface area contributed by atoms with E-state index in [9.17, 15) is 14.4 Å². The first-order chi connectivity index (χ1) is 17.0. The molecule has 0 saturated carbocycles. The molecule has 0 spiro atoms. The van der Waals surface area contributed by atoms with Gasteiger partial charge in [-0.15, -0.1) is 0 Å². The van der Waals surface area contributed by atoms with Gasteiger partial charge in [0.15, 0.2) is 11.2 Å². The quantitative estimate of drug-likeness (QED) is 0.464. The lowest BCUT2D eigenvalue weighted by molar-refractivity contribution is -0.136. The molecule has 3 aliphatic heterocycles. The Morgan fingerprint density at radius 3 is 2.77 bits per heavy atom. The zero-order valence-corrected chi connectivity index (χ0v) is 19.6. The number of aromatic nitrogens is 5. The van der Waals surface area contributed by atoms with E-state index >= 15 is 0 Å². The molecule has 2 atom stereocenters. The molecule has 1 amide bonds. The van der Waals surface area contributed by atoms with Crippen LogP contribution in [0, 0.1) is 5.92 Å². The summed E-state index contributed by atoms with van der Waals surface area (Å²) in [5.41, 5.74) is -0.580. The summed E-state index contributed by atoms with van der Waals surface area (Å²) in [4.78, 5) is 52.7. The third-order valence-electron chi connectivity index (χ3n) is 7.35. The third-order valence-corrected chi connectivity index (χ3v) is 7.35. The number of hydrogen-bond acceptors (Lipinski definition) is 9. The fraction of sp³-hybridized carbons (Fsp3) is 0.591. The van der Waals surface area contributed by atoms with Crippen molar-refractivity contribution in [2.24, 2.45) is 13.0 Å². The van der Waals surface area contributed by atoms with Crippen LogP contribution < -0.4 is 21.5 Å². The summed E-state index contributed by atoms with van der Waals surface area (Å²) in [6.07, 6.45) is 4.06. The number of amides is 1. The van der Waals surface area contributed by atoms with Gasteiger partial charge in [0.05, 0.1) is 19.4 Å². The first-order valence-electron chi connectivity index (χ1n) is 11.9. The van der Waals surface area contributed by atoms with Crippen LogP contribution in [-0.4, -0.2) is 86.5 Å². The summed E-state index contributed by atoms with van der Waals surface area (Å²) in [5.74, 6) is 1.26. The van der Waals surface area contributed by atoms with Crippen LogP contribution in [0.25, 0.3) is 11.2 Å². The van der Waals surface area contributed by atoms with Gasteiger partial charge in [0.2, 0.25) is 17.7 Å². The second-order valence-corrected chi connectivity index (χ2v) is 9.29. The Balaban J connectivity index is 1.48. The average molecular weight is 485 g/mol. The standard InChI is InChI=1S/C22H28N8O5/c1-26-19-18(20(32)30(22(26)33)13-17(31)27-5-8-34-9-6-27)29(12-16-24-3-7-35-16)21(25-19)28-4-2-14-10-23-11-15(14)28/h3,7,14-15,23H,2,4-6,8-13H2,1H3. The van der Waals surface area contributed by atoms with Crippen molar-refractivity contribution in [3.05, 3.63) is 39.2 Å². The molecule has 6 rings (SSSR count). The van der Waals surface area contributed by atoms with Gasteiger partial charge in [0, 0.05) is 45.8 Å². The highest BCUT2D eigenvalue weighted by Gasteiger charge is 2.40. The number of nitrogens with one attached hydrogen (secondary N) is 1. The molecule has 3 fully saturated rings. The van der Waals surface area contributed by atoms with Crippen molar-refractivity contribution in [1.82, 2.24) is 33.9 Å². The number of anilines is 1. The Morgan fingerprint density at radius 2 is 2.00 bits per heavy atom. The first kappa shape index (κ1) is 22.0. The minimum atomic E-state index is -0.571. The SMILES string of the molecule is Cn1c(=O)n(CC(=O)N2CCOCC2)c(=O)c2c1nc(N1CCC3CNCC31)n2Cc1ncco1. The van der Waals surface area contributed by atoms with Crippen LogP contribution in [0.3, 0.4) is 0 Å². The summed E-state index contributed by atoms with van der Waals surface area (Å²) in [7, 11) is 1.58. The van der Waals surface area contributed by atoms with E-state index in [-0.39, 0.29) is 36.2 Å². The maximum Gasteiger partial charge on any atom is 0.332 e. The van der Waals surface area contributed by atoms with Gasteiger partial charge in [0.25, 0.3) is 5.56 Å². The van der Waals surface area contributed by atoms with Gasteiger partial charge in [-0.3, -0.25) is 18.7 Å². The molecule has 0 radical (unpaired) electrons. The molecule has 6 heterocycles. The number of rotatable bonds is 5. The van der Waals surface area contributed by atoms with E-state index in [2.05, 4.69) is 15.2 Å². The predicted octanol–water partition coefficient (Wildman–Crippen LogP) is -1.41. The number of nitrogens with zero attached hydrogens (tertiary/aromatic N) is 7. The van der Waals surface area contributed by atoms with E-state index in [0.717, 1.165) is 30.6 Å². The Bertz CT molecular complexity index is 1370. The van der Waals surface area contributed by atoms with Crippen molar-refractivity contribution in [2.75, 3.05) is 50.8 Å². The molecule has 13 nitrogen and oxygen atoms in total. The van der Waals surface area contributed by atoms with Crippen molar-refractivity contribution < 1.29 is 13.9 Å². The summed E-state index contributed by atoms with van der Waals surface area (Å²) in [5, 5.41) is 3.43. The van der Waals surface area contributed by atoms with Gasteiger partial charge in [-0.25, -0.2) is 14.3 Å². The molecule has 0 aromatic carbocycles. The molecule has 186 valence electrons. The smallest absolute Gasteiger partial charge is 0.332 e. The van der Waals surface area contributed by atoms with Gasteiger partial charge >= 0.3 is 5.69 Å². The van der Waals surface area contributed by atoms with Gasteiger partial charge in [-0.2, -0.15) is 4.98 Å². The molecule has 13 heteroatoms. The van der Waals surface area contributed by atoms with Crippen molar-refractivity contribution in [3.8, 4) is 0 Å². The molecule has 0 bridgehead atoms. The van der Waals surface area contributed by atoms with Crippen LogP contribution in [0.2, 0.25) is 0 Å². The van der Waals surface area contributed by atoms with Crippen LogP contribution in [0.5, 0.6) is 0 Å². The zero-order valence-electron chi connectivity index (χ0n) is 19.6. The maximum absolute atomic E-state index is 13.7. The van der Waals surface area contributed by atoms with Crippen LogP contribution in [0.1, 0.15) is 12.3 Å². The van der Waals surface area contributed by atoms with Gasteiger partial charge in [-0.1, -0.05) is 0 Å². The van der Waals surface area contributed by atoms with Crippen LogP contribution >= 0.6 is 0 Å². The lowest BCUT2D eigenvalue weighted by Gasteiger charge is -2.27. The Labute approximate surface area is 199 Å². The van der Waals surface area contributed by atoms with E-state index in [1.807, 2.05) is 0 Å². The molecule has 1 N–H and O–H groups in total.